The highest BCUT2D eigenvalue weighted by Gasteiger charge is 2.29. The van der Waals surface area contributed by atoms with Gasteiger partial charge < -0.3 is 14.8 Å². The van der Waals surface area contributed by atoms with E-state index < -0.39 is 6.09 Å². The fraction of sp³-hybridized carbons (Fsp3) is 0.333. The molecule has 0 atom stereocenters. The maximum absolute atomic E-state index is 11.6. The van der Waals surface area contributed by atoms with Gasteiger partial charge in [0.05, 0.1) is 6.26 Å². The summed E-state index contributed by atoms with van der Waals surface area (Å²) in [5, 5.41) is 14.8. The van der Waals surface area contributed by atoms with E-state index in [4.69, 9.17) is 9.52 Å². The van der Waals surface area contributed by atoms with Gasteiger partial charge in [-0.2, -0.15) is 0 Å². The molecule has 0 aliphatic heterocycles. The quantitative estimate of drug-likeness (QED) is 0.788. The van der Waals surface area contributed by atoms with Crippen LogP contribution in [-0.2, 0) is 11.2 Å². The fourth-order valence-electron chi connectivity index (χ4n) is 2.29. The molecule has 1 saturated carbocycles. The number of hydrogen-bond donors (Lipinski definition) is 3. The summed E-state index contributed by atoms with van der Waals surface area (Å²) in [7, 11) is 0. The van der Waals surface area contributed by atoms with Crippen molar-refractivity contribution in [3.63, 3.8) is 0 Å². The number of hydrogen-bond acceptors (Lipinski definition) is 3. The van der Waals surface area contributed by atoms with E-state index >= 15 is 0 Å². The molecule has 3 N–H and O–H groups in total. The Morgan fingerprint density at radius 1 is 1.33 bits per heavy atom. The molecule has 0 radical (unpaired) electrons. The third-order valence-corrected chi connectivity index (χ3v) is 3.55. The molecule has 1 aromatic heterocycles. The Labute approximate surface area is 121 Å². The summed E-state index contributed by atoms with van der Waals surface area (Å²) < 4.78 is 5.44. The SMILES string of the molecule is O=C(O)Nc1ccc2occ(CCNC(=O)C3CC3)c2c1. The summed E-state index contributed by atoms with van der Waals surface area (Å²) >= 11 is 0. The van der Waals surface area contributed by atoms with Crippen LogP contribution in [0.2, 0.25) is 0 Å². The molecule has 2 amide bonds. The number of furan rings is 1. The molecule has 0 bridgehead atoms. The van der Waals surface area contributed by atoms with Crippen LogP contribution in [-0.4, -0.2) is 23.7 Å². The average Bonchev–Trinajstić information content (AvgIpc) is 3.21. The van der Waals surface area contributed by atoms with Crippen LogP contribution in [0.3, 0.4) is 0 Å². The molecule has 110 valence electrons. The first-order valence-electron chi connectivity index (χ1n) is 6.91. The first-order valence-corrected chi connectivity index (χ1v) is 6.91. The molecule has 0 spiro atoms. The molecule has 1 heterocycles. The number of rotatable bonds is 5. The number of carbonyl (C=O) groups excluding carboxylic acids is 1. The highest BCUT2D eigenvalue weighted by atomic mass is 16.4. The minimum absolute atomic E-state index is 0.121. The zero-order valence-electron chi connectivity index (χ0n) is 11.4. The predicted octanol–water partition coefficient (Wildman–Crippen LogP) is 2.59. The van der Waals surface area contributed by atoms with E-state index in [0.29, 0.717) is 24.2 Å². The van der Waals surface area contributed by atoms with Crippen molar-refractivity contribution in [3.05, 3.63) is 30.0 Å². The molecule has 6 nitrogen and oxygen atoms in total. The van der Waals surface area contributed by atoms with Gasteiger partial charge in [0.1, 0.15) is 5.58 Å². The molecule has 3 rings (SSSR count). The van der Waals surface area contributed by atoms with E-state index in [-0.39, 0.29) is 11.8 Å². The largest absolute Gasteiger partial charge is 0.465 e. The zero-order valence-corrected chi connectivity index (χ0v) is 11.4. The van der Waals surface area contributed by atoms with Crippen LogP contribution in [0.15, 0.2) is 28.9 Å². The lowest BCUT2D eigenvalue weighted by atomic mass is 10.1. The van der Waals surface area contributed by atoms with Gasteiger partial charge in [-0.15, -0.1) is 0 Å². The number of anilines is 1. The van der Waals surface area contributed by atoms with Crippen LogP contribution in [0.5, 0.6) is 0 Å². The number of carbonyl (C=O) groups is 2. The van der Waals surface area contributed by atoms with Gasteiger partial charge >= 0.3 is 6.09 Å². The van der Waals surface area contributed by atoms with Crippen molar-refractivity contribution < 1.29 is 19.1 Å². The Kier molecular flexibility index (Phi) is 3.51. The number of benzene rings is 1. The van der Waals surface area contributed by atoms with Gasteiger partial charge in [-0.1, -0.05) is 0 Å². The minimum Gasteiger partial charge on any atom is -0.465 e. The van der Waals surface area contributed by atoms with E-state index in [1.165, 1.54) is 0 Å². The Balaban J connectivity index is 1.68. The second-order valence-corrected chi connectivity index (χ2v) is 5.22. The first-order chi connectivity index (χ1) is 10.1. The van der Waals surface area contributed by atoms with Crippen molar-refractivity contribution in [3.8, 4) is 0 Å². The van der Waals surface area contributed by atoms with Crippen LogP contribution in [0, 0.1) is 5.92 Å². The average molecular weight is 288 g/mol. The van der Waals surface area contributed by atoms with E-state index in [9.17, 15) is 9.59 Å². The highest BCUT2D eigenvalue weighted by molar-refractivity contribution is 5.90. The van der Waals surface area contributed by atoms with Crippen molar-refractivity contribution in [1.29, 1.82) is 0 Å². The Morgan fingerprint density at radius 3 is 2.86 bits per heavy atom. The maximum Gasteiger partial charge on any atom is 0.409 e. The zero-order chi connectivity index (χ0) is 14.8. The number of carboxylic acid groups (broad SMARTS) is 1. The van der Waals surface area contributed by atoms with Gasteiger partial charge in [-0.3, -0.25) is 10.1 Å². The second-order valence-electron chi connectivity index (χ2n) is 5.22. The summed E-state index contributed by atoms with van der Waals surface area (Å²) in [5.41, 5.74) is 2.16. The van der Waals surface area contributed by atoms with Crippen molar-refractivity contribution >= 4 is 28.7 Å². The van der Waals surface area contributed by atoms with Crippen LogP contribution < -0.4 is 10.6 Å². The number of nitrogens with one attached hydrogen (secondary N) is 2. The Bertz CT molecular complexity index is 688. The van der Waals surface area contributed by atoms with Gasteiger partial charge in [-0.25, -0.2) is 4.79 Å². The smallest absolute Gasteiger partial charge is 0.409 e. The van der Waals surface area contributed by atoms with Crippen molar-refractivity contribution in [1.82, 2.24) is 5.32 Å². The molecule has 21 heavy (non-hydrogen) atoms. The van der Waals surface area contributed by atoms with E-state index in [2.05, 4.69) is 10.6 Å². The molecule has 0 unspecified atom stereocenters. The molecule has 2 aromatic rings. The third-order valence-electron chi connectivity index (χ3n) is 3.55. The molecular weight excluding hydrogens is 272 g/mol. The normalized spacial score (nSPS) is 14.1. The summed E-state index contributed by atoms with van der Waals surface area (Å²) in [6.07, 6.45) is 3.19. The molecule has 1 fully saturated rings. The van der Waals surface area contributed by atoms with Crippen molar-refractivity contribution in [2.75, 3.05) is 11.9 Å². The standard InChI is InChI=1S/C15H16N2O4/c18-14(9-1-2-9)16-6-5-10-8-21-13-4-3-11(7-12(10)13)17-15(19)20/h3-4,7-9,17H,1-2,5-6H2,(H,16,18)(H,19,20). The molecule has 1 aliphatic carbocycles. The van der Waals surface area contributed by atoms with Gasteiger partial charge in [0, 0.05) is 29.1 Å². The van der Waals surface area contributed by atoms with E-state index in [0.717, 1.165) is 23.8 Å². The molecular formula is C15H16N2O4. The topological polar surface area (TPSA) is 91.6 Å². The summed E-state index contributed by atoms with van der Waals surface area (Å²) in [6.45, 7) is 0.556. The maximum atomic E-state index is 11.6. The second kappa shape index (κ2) is 5.47. The lowest BCUT2D eigenvalue weighted by molar-refractivity contribution is -0.122. The van der Waals surface area contributed by atoms with Crippen molar-refractivity contribution in [2.24, 2.45) is 5.92 Å². The lowest BCUT2D eigenvalue weighted by Gasteiger charge is -2.04. The minimum atomic E-state index is -1.10. The summed E-state index contributed by atoms with van der Waals surface area (Å²) in [6, 6.07) is 5.12. The number of fused-ring (bicyclic) bond motifs is 1. The molecule has 0 saturated heterocycles. The molecule has 1 aromatic carbocycles. The van der Waals surface area contributed by atoms with Gasteiger partial charge in [-0.05, 0) is 37.5 Å². The molecule has 1 aliphatic rings. The van der Waals surface area contributed by atoms with E-state index in [1.54, 1.807) is 24.5 Å². The monoisotopic (exact) mass is 288 g/mol. The highest BCUT2D eigenvalue weighted by Crippen LogP contribution is 2.29. The van der Waals surface area contributed by atoms with Gasteiger partial charge in [0.15, 0.2) is 0 Å². The van der Waals surface area contributed by atoms with Crippen LogP contribution in [0.4, 0.5) is 10.5 Å². The third kappa shape index (κ3) is 3.16. The lowest BCUT2D eigenvalue weighted by Crippen LogP contribution is -2.26. The van der Waals surface area contributed by atoms with Gasteiger partial charge in [0.25, 0.3) is 0 Å². The fourth-order valence-corrected chi connectivity index (χ4v) is 2.29. The predicted molar refractivity (Wildman–Crippen MR) is 77.3 cm³/mol. The van der Waals surface area contributed by atoms with E-state index in [1.807, 2.05) is 0 Å². The van der Waals surface area contributed by atoms with Crippen LogP contribution in [0.1, 0.15) is 18.4 Å². The number of amides is 2. The van der Waals surface area contributed by atoms with Crippen LogP contribution >= 0.6 is 0 Å². The van der Waals surface area contributed by atoms with Crippen molar-refractivity contribution in [2.45, 2.75) is 19.3 Å². The van der Waals surface area contributed by atoms with Crippen LogP contribution in [0.25, 0.3) is 11.0 Å². The summed E-state index contributed by atoms with van der Waals surface area (Å²) in [4.78, 5) is 22.2. The van der Waals surface area contributed by atoms with Gasteiger partial charge in [0.2, 0.25) is 5.91 Å². The Morgan fingerprint density at radius 2 is 2.14 bits per heavy atom. The first kappa shape index (κ1) is 13.5. The Hall–Kier alpha value is -2.50. The summed E-state index contributed by atoms with van der Waals surface area (Å²) in [5.74, 6) is 0.327. The molecule has 6 heteroatoms.